The lowest BCUT2D eigenvalue weighted by atomic mass is 10.1. The molecule has 2 heterocycles. The van der Waals surface area contributed by atoms with Gasteiger partial charge in [0.15, 0.2) is 0 Å². The number of carbonyl (C=O) groups excluding carboxylic acids is 1. The van der Waals surface area contributed by atoms with Crippen molar-refractivity contribution in [1.29, 1.82) is 0 Å². The number of carbonyl (C=O) groups is 1. The summed E-state index contributed by atoms with van der Waals surface area (Å²) in [6.07, 6.45) is 3.67. The molecule has 1 aliphatic heterocycles. The molecule has 1 aromatic carbocycles. The van der Waals surface area contributed by atoms with Gasteiger partial charge in [-0.15, -0.1) is 0 Å². The lowest BCUT2D eigenvalue weighted by Crippen LogP contribution is -2.61. The molecule has 5 heteroatoms. The van der Waals surface area contributed by atoms with E-state index in [1.807, 2.05) is 17.2 Å². The molecule has 0 spiro atoms. The van der Waals surface area contributed by atoms with E-state index in [0.717, 1.165) is 25.2 Å². The van der Waals surface area contributed by atoms with E-state index in [0.29, 0.717) is 12.6 Å². The van der Waals surface area contributed by atoms with Gasteiger partial charge in [-0.3, -0.25) is 9.88 Å². The Labute approximate surface area is 143 Å². The summed E-state index contributed by atoms with van der Waals surface area (Å²) in [4.78, 5) is 20.5. The van der Waals surface area contributed by atoms with Gasteiger partial charge in [0, 0.05) is 44.6 Å². The number of pyridine rings is 1. The Morgan fingerprint density at radius 1 is 1.25 bits per heavy atom. The molecule has 3 rings (SSSR count). The molecular weight excluding hydrogens is 300 g/mol. The molecule has 0 radical (unpaired) electrons. The highest BCUT2D eigenvalue weighted by Crippen LogP contribution is 2.16. The normalized spacial score (nSPS) is 14.5. The summed E-state index contributed by atoms with van der Waals surface area (Å²) in [6.45, 7) is 5.04. The minimum Gasteiger partial charge on any atom is -0.334 e. The molecule has 1 aromatic heterocycles. The molecule has 1 saturated heterocycles. The maximum absolute atomic E-state index is 12.2. The van der Waals surface area contributed by atoms with Crippen LogP contribution in [-0.4, -0.2) is 47.0 Å². The van der Waals surface area contributed by atoms with Crippen molar-refractivity contribution in [2.75, 3.05) is 20.1 Å². The van der Waals surface area contributed by atoms with Crippen LogP contribution < -0.4 is 5.32 Å². The van der Waals surface area contributed by atoms with Gasteiger partial charge in [0.25, 0.3) is 0 Å². The molecule has 0 bridgehead atoms. The van der Waals surface area contributed by atoms with Crippen molar-refractivity contribution in [3.05, 3.63) is 65.5 Å². The average molecular weight is 324 g/mol. The topological polar surface area (TPSA) is 48.5 Å². The number of urea groups is 1. The predicted molar refractivity (Wildman–Crippen MR) is 94.5 cm³/mol. The number of likely N-dealkylation sites (tertiary alicyclic amines) is 1. The zero-order valence-corrected chi connectivity index (χ0v) is 14.3. The van der Waals surface area contributed by atoms with E-state index >= 15 is 0 Å². The first kappa shape index (κ1) is 16.5. The van der Waals surface area contributed by atoms with Gasteiger partial charge in [-0.25, -0.2) is 4.79 Å². The Bertz CT molecular complexity index is 666. The lowest BCUT2D eigenvalue weighted by molar-refractivity contribution is 0.0685. The first-order valence-electron chi connectivity index (χ1n) is 8.29. The van der Waals surface area contributed by atoms with Crippen LogP contribution in [0.4, 0.5) is 4.79 Å². The summed E-state index contributed by atoms with van der Waals surface area (Å²) in [5, 5.41) is 2.99. The summed E-state index contributed by atoms with van der Waals surface area (Å²) >= 11 is 0. The fourth-order valence-electron chi connectivity index (χ4n) is 2.80. The van der Waals surface area contributed by atoms with E-state index in [4.69, 9.17) is 0 Å². The molecule has 1 N–H and O–H groups in total. The van der Waals surface area contributed by atoms with Crippen molar-refractivity contribution >= 4 is 6.03 Å². The lowest BCUT2D eigenvalue weighted by Gasteiger charge is -2.43. The summed E-state index contributed by atoms with van der Waals surface area (Å²) in [5.41, 5.74) is 3.55. The van der Waals surface area contributed by atoms with E-state index in [1.54, 1.807) is 6.20 Å². The van der Waals surface area contributed by atoms with Gasteiger partial charge in [-0.1, -0.05) is 35.9 Å². The second kappa shape index (κ2) is 7.45. The maximum Gasteiger partial charge on any atom is 0.317 e. The number of hydrogen-bond donors (Lipinski definition) is 1. The first-order valence-corrected chi connectivity index (χ1v) is 8.29. The summed E-state index contributed by atoms with van der Waals surface area (Å²) in [7, 11) is 2.10. The molecule has 0 unspecified atom stereocenters. The predicted octanol–water partition coefficient (Wildman–Crippen LogP) is 2.42. The summed E-state index contributed by atoms with van der Waals surface area (Å²) in [6, 6.07) is 12.7. The summed E-state index contributed by atoms with van der Waals surface area (Å²) < 4.78 is 0. The zero-order chi connectivity index (χ0) is 16.9. The third-order valence-electron chi connectivity index (χ3n) is 4.49. The van der Waals surface area contributed by atoms with E-state index in [-0.39, 0.29) is 6.03 Å². The van der Waals surface area contributed by atoms with Crippen LogP contribution in [0.15, 0.2) is 48.8 Å². The monoisotopic (exact) mass is 324 g/mol. The molecule has 0 aliphatic carbocycles. The van der Waals surface area contributed by atoms with Gasteiger partial charge in [0.2, 0.25) is 0 Å². The maximum atomic E-state index is 12.2. The molecule has 1 fully saturated rings. The Hall–Kier alpha value is -2.40. The molecule has 2 aromatic rings. The second-order valence-electron chi connectivity index (χ2n) is 6.48. The third-order valence-corrected chi connectivity index (χ3v) is 4.49. The van der Waals surface area contributed by atoms with Crippen LogP contribution in [0.3, 0.4) is 0 Å². The number of likely N-dealkylation sites (N-methyl/N-ethyl adjacent to an activating group) is 1. The molecule has 126 valence electrons. The number of rotatable bonds is 5. The van der Waals surface area contributed by atoms with Crippen molar-refractivity contribution in [2.24, 2.45) is 0 Å². The Morgan fingerprint density at radius 3 is 2.67 bits per heavy atom. The van der Waals surface area contributed by atoms with Gasteiger partial charge in [0.05, 0.1) is 0 Å². The van der Waals surface area contributed by atoms with Crippen molar-refractivity contribution in [3.8, 4) is 0 Å². The number of aromatic nitrogens is 1. The van der Waals surface area contributed by atoms with Crippen molar-refractivity contribution < 1.29 is 4.79 Å². The zero-order valence-electron chi connectivity index (χ0n) is 14.3. The molecule has 0 atom stereocenters. The number of nitrogens with one attached hydrogen (secondary N) is 1. The van der Waals surface area contributed by atoms with E-state index in [9.17, 15) is 4.79 Å². The van der Waals surface area contributed by atoms with E-state index in [2.05, 4.69) is 59.5 Å². The van der Waals surface area contributed by atoms with Crippen LogP contribution in [-0.2, 0) is 13.1 Å². The van der Waals surface area contributed by atoms with Gasteiger partial charge < -0.3 is 10.2 Å². The van der Waals surface area contributed by atoms with Crippen LogP contribution in [0.25, 0.3) is 0 Å². The van der Waals surface area contributed by atoms with Crippen molar-refractivity contribution in [3.63, 3.8) is 0 Å². The summed E-state index contributed by atoms with van der Waals surface area (Å²) in [5.74, 6) is 0. The second-order valence-corrected chi connectivity index (χ2v) is 6.48. The van der Waals surface area contributed by atoms with Crippen molar-refractivity contribution in [1.82, 2.24) is 20.1 Å². The fourth-order valence-corrected chi connectivity index (χ4v) is 2.80. The molecule has 2 amide bonds. The van der Waals surface area contributed by atoms with Gasteiger partial charge in [-0.05, 0) is 31.2 Å². The number of nitrogens with zero attached hydrogens (tertiary/aromatic N) is 3. The number of amides is 2. The van der Waals surface area contributed by atoms with Crippen LogP contribution in [0.5, 0.6) is 0 Å². The Morgan fingerprint density at radius 2 is 2.00 bits per heavy atom. The quantitative estimate of drug-likeness (QED) is 0.919. The van der Waals surface area contributed by atoms with Gasteiger partial charge in [0.1, 0.15) is 0 Å². The highest BCUT2D eigenvalue weighted by atomic mass is 16.2. The highest BCUT2D eigenvalue weighted by molar-refractivity contribution is 5.75. The molecule has 1 aliphatic rings. The highest BCUT2D eigenvalue weighted by Gasteiger charge is 2.33. The van der Waals surface area contributed by atoms with E-state index < -0.39 is 0 Å². The van der Waals surface area contributed by atoms with Gasteiger partial charge in [-0.2, -0.15) is 0 Å². The Balaban J connectivity index is 1.40. The SMILES string of the molecule is Cc1ccc(CNC(=O)N2CC(N(C)Cc3cccnc3)C2)cc1. The van der Waals surface area contributed by atoms with Gasteiger partial charge >= 0.3 is 6.03 Å². The number of aryl methyl sites for hydroxylation is 1. The molecule has 5 nitrogen and oxygen atoms in total. The minimum atomic E-state index is 0.0154. The standard InChI is InChI=1S/C19H24N4O/c1-15-5-7-16(8-6-15)11-21-19(24)23-13-18(14-23)22(2)12-17-4-3-9-20-10-17/h3-10,18H,11-14H2,1-2H3,(H,21,24). The molecule has 24 heavy (non-hydrogen) atoms. The van der Waals surface area contributed by atoms with E-state index in [1.165, 1.54) is 11.1 Å². The first-order chi connectivity index (χ1) is 11.6. The van der Waals surface area contributed by atoms with Crippen LogP contribution in [0.2, 0.25) is 0 Å². The van der Waals surface area contributed by atoms with Crippen LogP contribution >= 0.6 is 0 Å². The minimum absolute atomic E-state index is 0.0154. The smallest absolute Gasteiger partial charge is 0.317 e. The Kier molecular flexibility index (Phi) is 5.11. The number of hydrogen-bond acceptors (Lipinski definition) is 3. The fraction of sp³-hybridized carbons (Fsp3) is 0.368. The number of benzene rings is 1. The average Bonchev–Trinajstić information content (AvgIpc) is 2.54. The van der Waals surface area contributed by atoms with Crippen LogP contribution in [0, 0.1) is 6.92 Å². The molecular formula is C19H24N4O. The molecule has 0 saturated carbocycles. The third kappa shape index (κ3) is 4.11. The van der Waals surface area contributed by atoms with Crippen molar-refractivity contribution in [2.45, 2.75) is 26.1 Å². The largest absolute Gasteiger partial charge is 0.334 e. The van der Waals surface area contributed by atoms with Crippen LogP contribution in [0.1, 0.15) is 16.7 Å².